The van der Waals surface area contributed by atoms with Gasteiger partial charge in [0.2, 0.25) is 0 Å². The number of alkyl halides is 4. The summed E-state index contributed by atoms with van der Waals surface area (Å²) in [4.78, 5) is 110. The normalized spacial score (nSPS) is 32.1. The predicted molar refractivity (Wildman–Crippen MR) is 361 cm³/mol. The number of nitrogens with zero attached hydrogens (tertiary/aromatic N) is 16. The molecule has 568 valence electrons. The summed E-state index contributed by atoms with van der Waals surface area (Å²) in [6.45, 7) is -23.4. The van der Waals surface area contributed by atoms with Crippen LogP contribution in [0.2, 0.25) is 0 Å². The summed E-state index contributed by atoms with van der Waals surface area (Å²) < 4.78 is 163. The van der Waals surface area contributed by atoms with Crippen molar-refractivity contribution in [2.75, 3.05) is 72.9 Å². The van der Waals surface area contributed by atoms with Gasteiger partial charge in [-0.25, -0.2) is 81.7 Å². The number of anilines is 6. The maximum atomic E-state index is 17.5. The van der Waals surface area contributed by atoms with Gasteiger partial charge in [0.1, 0.15) is 115 Å². The molecule has 8 aromatic rings. The molecule has 105 heavy (non-hydrogen) atoms. The van der Waals surface area contributed by atoms with E-state index in [2.05, 4.69) is 77.4 Å². The van der Waals surface area contributed by atoms with Crippen LogP contribution in [0.25, 0.3) is 33.5 Å². The van der Waals surface area contributed by atoms with Crippen LogP contribution >= 0.6 is 39.2 Å². The number of hydrogen-bond acceptors (Lipinski definition) is 39. The number of nitrogens with two attached hydrogens (primary N) is 4. The summed E-state index contributed by atoms with van der Waals surface area (Å²) in [5, 5.41) is 24.1. The Labute approximate surface area is 604 Å². The van der Waals surface area contributed by atoms with E-state index in [0.717, 1.165) is 62.6 Å². The van der Waals surface area contributed by atoms with Crippen LogP contribution in [0.4, 0.5) is 52.3 Å². The van der Waals surface area contributed by atoms with Crippen molar-refractivity contribution in [1.82, 2.24) is 78.1 Å². The monoisotopic (exact) mass is 1630 g/mol. The Morgan fingerprint density at radius 3 is 1.54 bits per heavy atom. The number of ether oxygens (including phenoxy) is 5. The third-order valence-corrected chi connectivity index (χ3v) is 23.6. The van der Waals surface area contributed by atoms with E-state index in [1.54, 1.807) is 0 Å². The highest BCUT2D eigenvalue weighted by Crippen LogP contribution is 2.59. The molecular formula is C50H59F4N22O21P4S4-. The Morgan fingerprint density at radius 2 is 1.02 bits per heavy atom. The van der Waals surface area contributed by atoms with E-state index in [4.69, 9.17) is 118 Å². The maximum absolute atomic E-state index is 17.5. The minimum absolute atomic E-state index is 0.00556. The summed E-state index contributed by atoms with van der Waals surface area (Å²) in [6.07, 6.45) is -26.9. The van der Waals surface area contributed by atoms with E-state index in [0.29, 0.717) is 0 Å². The molecule has 14 rings (SSSR count). The third kappa shape index (κ3) is 15.1. The van der Waals surface area contributed by atoms with Crippen LogP contribution in [0.3, 0.4) is 0 Å². The number of aromatic nitrogens is 16. The number of nitrogens with one attached hydrogen (secondary N) is 2. The summed E-state index contributed by atoms with van der Waals surface area (Å²) in [7, 11) is 0. The van der Waals surface area contributed by atoms with Crippen LogP contribution in [-0.2, 0) is 99.9 Å². The minimum atomic E-state index is -5.22. The molecule has 0 saturated carbocycles. The Balaban J connectivity index is 0.690. The quantitative estimate of drug-likeness (QED) is 0.0184. The van der Waals surface area contributed by atoms with Gasteiger partial charge in [0.05, 0.1) is 64.8 Å². The van der Waals surface area contributed by atoms with Crippen LogP contribution < -0.4 is 49.3 Å². The Kier molecular flexibility index (Phi) is 21.3. The number of rotatable bonds is 26. The number of aliphatic hydroxyl groups excluding tert-OH is 2. The number of thiol groups is 1. The van der Waals surface area contributed by atoms with Crippen LogP contribution in [0.5, 0.6) is 0 Å². The molecule has 0 bridgehead atoms. The molecule has 6 unspecified atom stereocenters. The van der Waals surface area contributed by atoms with Crippen molar-refractivity contribution in [2.45, 2.75) is 130 Å². The maximum Gasteiger partial charge on any atom is 0.386 e. The van der Waals surface area contributed by atoms with Crippen molar-refractivity contribution in [2.24, 2.45) is 0 Å². The van der Waals surface area contributed by atoms with Gasteiger partial charge in [-0.3, -0.25) is 46.1 Å². The lowest BCUT2D eigenvalue weighted by molar-refractivity contribution is -0.216. The van der Waals surface area contributed by atoms with Crippen molar-refractivity contribution < 1.29 is 107 Å². The molecule has 0 aliphatic carbocycles. The number of aryl methyl sites for hydroxylation is 1. The van der Waals surface area contributed by atoms with E-state index < -0.39 is 188 Å². The number of fused-ring (bicyclic) bond motifs is 4. The van der Waals surface area contributed by atoms with Crippen molar-refractivity contribution in [3.63, 3.8) is 0 Å². The number of aliphatic hydroxyl groups is 2. The highest BCUT2D eigenvalue weighted by atomic mass is 32.7. The van der Waals surface area contributed by atoms with Gasteiger partial charge >= 0.3 is 25.9 Å². The van der Waals surface area contributed by atoms with E-state index in [1.807, 2.05) is 0 Å². The standard InChI is InChI=1S/C50H60F4N22O21P4S4/c1-17-3-72(50(80)71-45(17)79)24-2-18(78)20(89-24)5-85-98(81,102)95-34-22(92-47(26(34)52)74-14-68-30-38(56)60-10-64-42(30)74)7-87-100(83,104)97-36-23(93-49(28(36)54)76-16-70-32-40(58)62-12-66-44(32)76)8-88-101(84,105)96-35-21(91-48(27(35)53)75-15-69-31-39(57)61-11-65-43(31)75)6-86-99(82,103)94-33-19(4-77)90-46(25(33)51)73-13-67-29-37(55)59-9-63-41(29)73/h3,9-14,16,18-28,33-36,46-49,69,77-78H,2,4-8,15H2,1H3,(H,81,102)(H,82,103)(H,83,104)(H,84,105)(H2,55,59,63)(H2,56,60,64)(H2,57,61,65)(H2,58,62,66)(H,71,79,80)/p-1/t18-,19+,20+,21+,22+,23+,24+,25+,26+,27+,28+,33?,34+,35+,36?,46+,47+,48+,49+,98?,99?,100?,101?/m0/s1. The number of nitrogen functional groups attached to an aromatic ring is 4. The van der Waals surface area contributed by atoms with Crippen LogP contribution in [-0.4, -0.2) is 230 Å². The van der Waals surface area contributed by atoms with Gasteiger partial charge in [0, 0.05) is 18.2 Å². The van der Waals surface area contributed by atoms with Crippen LogP contribution in [0.15, 0.2) is 60.1 Å². The van der Waals surface area contributed by atoms with Crippen molar-refractivity contribution >= 4 is 143 Å². The summed E-state index contributed by atoms with van der Waals surface area (Å²) in [6, 6.07) is 0. The summed E-state index contributed by atoms with van der Waals surface area (Å²) >= 11 is 20.1. The fraction of sp³-hybridized carbons (Fsp3) is 0.540. The van der Waals surface area contributed by atoms with E-state index in [-0.39, 0.29) is 86.9 Å². The molecule has 6 aliphatic heterocycles. The number of aromatic amines is 1. The highest BCUT2D eigenvalue weighted by molar-refractivity contribution is 8.44. The molecule has 5 fully saturated rings. The van der Waals surface area contributed by atoms with Crippen molar-refractivity contribution in [3.8, 4) is 0 Å². The number of halogens is 4. The molecule has 0 radical (unpaired) electrons. The minimum Gasteiger partial charge on any atom is -0.780 e. The molecule has 6 aliphatic rings. The second kappa shape index (κ2) is 29.6. The second-order valence-electron chi connectivity index (χ2n) is 24.0. The SMILES string of the molecule is Cc1cn([C@H]2C[C@H](O)[C@@H](COP(O)(=S)O[C@H]3[C@@H](F)[C@H](n4cnc5c(N)ncnc54)O[C@@H]3COP(=O)(S)OC3[C@@H](F)[C@H](n4cnc5c(N)ncnc54)O[C@@H]3COP([O-])(=S)O[C@H]3[C@@H](F)[C@H](N4CNc5c(N)ncnc54)O[C@@H]3COP(O)(=S)OC3[C@@H](F)[C@H](n4cnc5c(N)ncnc54)O[C@@H]3CO)O2)c(=O)[nH]c1=O. The summed E-state index contributed by atoms with van der Waals surface area (Å²) in [5.41, 5.74) is 22.8. The van der Waals surface area contributed by atoms with Gasteiger partial charge in [0.15, 0.2) is 95.6 Å². The van der Waals surface area contributed by atoms with Gasteiger partial charge in [-0.2, -0.15) is 0 Å². The fourth-order valence-electron chi connectivity index (χ4n) is 12.4. The molecule has 14 heterocycles. The Bertz CT molecular complexity index is 4940. The van der Waals surface area contributed by atoms with Gasteiger partial charge in [-0.05, 0) is 30.5 Å². The lowest BCUT2D eigenvalue weighted by atomic mass is 10.1. The smallest absolute Gasteiger partial charge is 0.386 e. The van der Waals surface area contributed by atoms with Crippen molar-refractivity contribution in [3.05, 3.63) is 76.9 Å². The average Bonchev–Trinajstić information content (AvgIpc) is 1.63. The number of imidazole rings is 3. The Morgan fingerprint density at radius 1 is 0.590 bits per heavy atom. The first-order valence-corrected chi connectivity index (χ1v) is 41.3. The first-order valence-electron chi connectivity index (χ1n) is 30.8. The van der Waals surface area contributed by atoms with Crippen LogP contribution in [0, 0.1) is 6.92 Å². The molecule has 5 saturated heterocycles. The van der Waals surface area contributed by atoms with Crippen LogP contribution in [0.1, 0.15) is 36.9 Å². The van der Waals surface area contributed by atoms with E-state index >= 15 is 17.6 Å². The fourth-order valence-corrected chi connectivity index (χ4v) is 18.2. The molecule has 0 aromatic carbocycles. The zero-order valence-electron chi connectivity index (χ0n) is 53.2. The number of hydrogen-bond donors (Lipinski definition) is 11. The molecule has 0 spiro atoms. The zero-order valence-corrected chi connectivity index (χ0v) is 60.1. The zero-order chi connectivity index (χ0) is 74.5. The van der Waals surface area contributed by atoms with Gasteiger partial charge in [0.25, 0.3) is 5.56 Å². The van der Waals surface area contributed by atoms with Crippen molar-refractivity contribution in [1.29, 1.82) is 0 Å². The first kappa shape index (κ1) is 75.5. The van der Waals surface area contributed by atoms with Gasteiger partial charge in [-0.15, -0.1) is 0 Å². The molecule has 23 atom stereocenters. The molecule has 55 heteroatoms. The largest absolute Gasteiger partial charge is 0.780 e. The van der Waals surface area contributed by atoms with Gasteiger partial charge in [-0.1, -0.05) is 24.1 Å². The van der Waals surface area contributed by atoms with E-state index in [1.165, 1.54) is 18.0 Å². The molecule has 0 amide bonds. The second-order valence-corrected chi connectivity index (χ2v) is 35.1. The molecule has 8 aromatic heterocycles. The topological polar surface area (TPSA) is 572 Å². The first-order chi connectivity index (χ1) is 49.9. The summed E-state index contributed by atoms with van der Waals surface area (Å²) in [5.74, 6) is -0.315. The third-order valence-electron chi connectivity index (χ3n) is 17.4. The average molecular weight is 1630 g/mol. The molecule has 14 N–H and O–H groups in total. The Hall–Kier alpha value is -6.26. The lowest BCUT2D eigenvalue weighted by Gasteiger charge is -2.34. The van der Waals surface area contributed by atoms with E-state index in [9.17, 15) is 39.0 Å². The molecule has 43 nitrogen and oxygen atoms in total. The molecular weight excluding hydrogens is 1570 g/mol. The predicted octanol–water partition coefficient (Wildman–Crippen LogP) is -0.553. The van der Waals surface area contributed by atoms with Gasteiger partial charge < -0.3 is 99.8 Å². The number of H-pyrrole nitrogens is 1. The highest BCUT2D eigenvalue weighted by Gasteiger charge is 2.56. The lowest BCUT2D eigenvalue weighted by Crippen LogP contribution is -2.43.